The molecule has 2 aliphatic rings. The van der Waals surface area contributed by atoms with Gasteiger partial charge >= 0.3 is 0 Å². The predicted molar refractivity (Wildman–Crippen MR) is 154 cm³/mol. The van der Waals surface area contributed by atoms with Crippen molar-refractivity contribution >= 4 is 17.5 Å². The molecule has 5 heteroatoms. The predicted octanol–water partition coefficient (Wildman–Crippen LogP) is 7.01. The van der Waals surface area contributed by atoms with Crippen molar-refractivity contribution in [2.45, 2.75) is 50.9 Å². The van der Waals surface area contributed by atoms with Crippen LogP contribution in [0.1, 0.15) is 46.3 Å². The number of hydrogen-bond acceptors (Lipinski definition) is 2. The highest BCUT2D eigenvalue weighted by atomic mass is 35.5. The van der Waals surface area contributed by atoms with E-state index in [1.54, 1.807) is 12.1 Å². The lowest BCUT2D eigenvalue weighted by molar-refractivity contribution is -0.140. The second-order valence-electron chi connectivity index (χ2n) is 10.7. The van der Waals surface area contributed by atoms with Gasteiger partial charge in [0.15, 0.2) is 0 Å². The van der Waals surface area contributed by atoms with Crippen LogP contribution in [0.25, 0.3) is 0 Å². The number of benzene rings is 4. The fourth-order valence-electron chi connectivity index (χ4n) is 6.38. The molecule has 2 unspecified atom stereocenters. The Morgan fingerprint density at radius 2 is 1.46 bits per heavy atom. The van der Waals surface area contributed by atoms with Crippen LogP contribution in [-0.4, -0.2) is 34.3 Å². The second-order valence-corrected chi connectivity index (χ2v) is 11.1. The number of rotatable bonds is 6. The number of nitrogens with zero attached hydrogens (tertiary/aromatic N) is 2. The van der Waals surface area contributed by atoms with Gasteiger partial charge in [0.1, 0.15) is 5.82 Å². The highest BCUT2D eigenvalue weighted by Crippen LogP contribution is 2.40. The van der Waals surface area contributed by atoms with Gasteiger partial charge in [-0.25, -0.2) is 4.39 Å². The molecule has 0 saturated heterocycles. The van der Waals surface area contributed by atoms with Crippen molar-refractivity contribution in [1.29, 1.82) is 0 Å². The number of carbonyl (C=O) groups is 1. The zero-order valence-corrected chi connectivity index (χ0v) is 22.8. The summed E-state index contributed by atoms with van der Waals surface area (Å²) in [4.78, 5) is 18.7. The largest absolute Gasteiger partial charge is 0.333 e. The van der Waals surface area contributed by atoms with E-state index in [-0.39, 0.29) is 30.4 Å². The Hall–Kier alpha value is -3.47. The lowest BCUT2D eigenvalue weighted by atomic mass is 9.87. The van der Waals surface area contributed by atoms with E-state index in [1.165, 1.54) is 28.3 Å². The SMILES string of the molecule is CC(C(=O)N(Cc1ccccc1F)C1Cc2ccccc2C1)N1CCc2ccccc2C1c1ccccc1Cl. The molecule has 4 aromatic rings. The van der Waals surface area contributed by atoms with Gasteiger partial charge in [-0.3, -0.25) is 9.69 Å². The minimum Gasteiger partial charge on any atom is -0.333 e. The topological polar surface area (TPSA) is 23.6 Å². The van der Waals surface area contributed by atoms with Crippen LogP contribution in [0.5, 0.6) is 0 Å². The van der Waals surface area contributed by atoms with Gasteiger partial charge in [-0.15, -0.1) is 0 Å². The molecule has 1 aliphatic heterocycles. The summed E-state index contributed by atoms with van der Waals surface area (Å²) in [6.07, 6.45) is 2.41. The van der Waals surface area contributed by atoms with Crippen molar-refractivity contribution in [3.63, 3.8) is 0 Å². The molecule has 6 rings (SSSR count). The molecule has 2 atom stereocenters. The van der Waals surface area contributed by atoms with Crippen LogP contribution in [0.3, 0.4) is 0 Å². The Kier molecular flexibility index (Phi) is 7.24. The van der Waals surface area contributed by atoms with Gasteiger partial charge in [-0.05, 0) is 66.1 Å². The molecule has 1 aliphatic carbocycles. The number of hydrogen-bond donors (Lipinski definition) is 0. The van der Waals surface area contributed by atoms with E-state index >= 15 is 0 Å². The first-order valence-corrected chi connectivity index (χ1v) is 14.1. The summed E-state index contributed by atoms with van der Waals surface area (Å²) in [6, 6.07) is 30.9. The molecule has 0 fully saturated rings. The first-order chi connectivity index (χ1) is 19.0. The summed E-state index contributed by atoms with van der Waals surface area (Å²) in [5.74, 6) is -0.258. The molecule has 0 saturated carbocycles. The molecule has 1 amide bonds. The molecule has 0 spiro atoms. The fraction of sp³-hybridized carbons (Fsp3) is 0.265. The van der Waals surface area contributed by atoms with E-state index in [4.69, 9.17) is 11.6 Å². The second kappa shape index (κ2) is 11.0. The number of halogens is 2. The molecule has 0 N–H and O–H groups in total. The van der Waals surface area contributed by atoms with Crippen LogP contribution in [0.4, 0.5) is 4.39 Å². The Balaban J connectivity index is 1.36. The Morgan fingerprint density at radius 3 is 2.15 bits per heavy atom. The maximum absolute atomic E-state index is 14.8. The number of fused-ring (bicyclic) bond motifs is 2. The van der Waals surface area contributed by atoms with Gasteiger partial charge in [0.2, 0.25) is 5.91 Å². The standard InChI is InChI=1S/C34H32ClFN2O/c1-23(37-19-18-24-10-4-6-14-29(24)33(37)30-15-7-8-16-31(30)35)34(39)38(22-27-13-5-9-17-32(27)36)28-20-25-11-2-3-12-26(25)21-28/h2-17,23,28,33H,18-22H2,1H3. The third-order valence-corrected chi connectivity index (χ3v) is 8.77. The van der Waals surface area contributed by atoms with Crippen LogP contribution >= 0.6 is 11.6 Å². The number of carbonyl (C=O) groups excluding carboxylic acids is 1. The zero-order valence-electron chi connectivity index (χ0n) is 22.1. The molecule has 0 radical (unpaired) electrons. The van der Waals surface area contributed by atoms with E-state index < -0.39 is 6.04 Å². The summed E-state index contributed by atoms with van der Waals surface area (Å²) in [5.41, 5.74) is 6.54. The van der Waals surface area contributed by atoms with E-state index in [9.17, 15) is 9.18 Å². The van der Waals surface area contributed by atoms with Gasteiger partial charge < -0.3 is 4.90 Å². The van der Waals surface area contributed by atoms with Gasteiger partial charge in [-0.1, -0.05) is 96.5 Å². The summed E-state index contributed by atoms with van der Waals surface area (Å²) >= 11 is 6.75. The lowest BCUT2D eigenvalue weighted by Gasteiger charge is -2.43. The minimum atomic E-state index is -0.421. The molecule has 0 aromatic heterocycles. The first kappa shape index (κ1) is 25.8. The van der Waals surface area contributed by atoms with E-state index in [0.29, 0.717) is 10.6 Å². The molecule has 0 bridgehead atoms. The van der Waals surface area contributed by atoms with Crippen molar-refractivity contribution in [1.82, 2.24) is 9.80 Å². The minimum absolute atomic E-state index is 0.0206. The van der Waals surface area contributed by atoms with Crippen LogP contribution in [-0.2, 0) is 30.6 Å². The van der Waals surface area contributed by atoms with Crippen molar-refractivity contribution in [3.8, 4) is 0 Å². The van der Waals surface area contributed by atoms with Crippen LogP contribution in [0.2, 0.25) is 5.02 Å². The van der Waals surface area contributed by atoms with Crippen LogP contribution < -0.4 is 0 Å². The highest BCUT2D eigenvalue weighted by Gasteiger charge is 2.39. The van der Waals surface area contributed by atoms with Crippen molar-refractivity contribution in [2.24, 2.45) is 0 Å². The van der Waals surface area contributed by atoms with E-state index in [0.717, 1.165) is 31.4 Å². The quantitative estimate of drug-likeness (QED) is 0.263. The summed E-state index contributed by atoms with van der Waals surface area (Å²) in [7, 11) is 0. The van der Waals surface area contributed by atoms with Gasteiger partial charge in [0, 0.05) is 29.7 Å². The smallest absolute Gasteiger partial charge is 0.240 e. The first-order valence-electron chi connectivity index (χ1n) is 13.7. The number of amides is 1. The lowest BCUT2D eigenvalue weighted by Crippen LogP contribution is -2.53. The maximum Gasteiger partial charge on any atom is 0.240 e. The molecule has 3 nitrogen and oxygen atoms in total. The molecule has 39 heavy (non-hydrogen) atoms. The zero-order chi connectivity index (χ0) is 26.9. The van der Waals surface area contributed by atoms with Crippen LogP contribution in [0, 0.1) is 5.82 Å². The normalized spacial score (nSPS) is 17.9. The maximum atomic E-state index is 14.8. The van der Waals surface area contributed by atoms with Crippen molar-refractivity contribution in [2.75, 3.05) is 6.54 Å². The van der Waals surface area contributed by atoms with Crippen molar-refractivity contribution < 1.29 is 9.18 Å². The van der Waals surface area contributed by atoms with E-state index in [1.807, 2.05) is 48.2 Å². The molecule has 198 valence electrons. The van der Waals surface area contributed by atoms with Crippen LogP contribution in [0.15, 0.2) is 97.1 Å². The highest BCUT2D eigenvalue weighted by molar-refractivity contribution is 6.31. The third kappa shape index (κ3) is 4.99. The Bertz CT molecular complexity index is 1480. The monoisotopic (exact) mass is 538 g/mol. The molecular weight excluding hydrogens is 507 g/mol. The average Bonchev–Trinajstić information content (AvgIpc) is 3.40. The summed E-state index contributed by atoms with van der Waals surface area (Å²) < 4.78 is 14.8. The van der Waals surface area contributed by atoms with Gasteiger partial charge in [-0.2, -0.15) is 0 Å². The summed E-state index contributed by atoms with van der Waals surface area (Å²) in [6.45, 7) is 2.98. The molecule has 1 heterocycles. The van der Waals surface area contributed by atoms with Crippen molar-refractivity contribution in [3.05, 3.63) is 141 Å². The molecular formula is C34H32ClFN2O. The van der Waals surface area contributed by atoms with Gasteiger partial charge in [0.25, 0.3) is 0 Å². The van der Waals surface area contributed by atoms with E-state index in [2.05, 4.69) is 47.4 Å². The fourth-order valence-corrected chi connectivity index (χ4v) is 6.62. The third-order valence-electron chi connectivity index (χ3n) is 8.43. The Morgan fingerprint density at radius 1 is 0.872 bits per heavy atom. The Labute approximate surface area is 234 Å². The average molecular weight is 539 g/mol. The summed E-state index contributed by atoms with van der Waals surface area (Å²) in [5, 5.41) is 0.693. The van der Waals surface area contributed by atoms with Gasteiger partial charge in [0.05, 0.1) is 12.1 Å². The molecule has 4 aromatic carbocycles.